The molecule has 1 saturated carbocycles. The quantitative estimate of drug-likeness (QED) is 0.371. The summed E-state index contributed by atoms with van der Waals surface area (Å²) in [5.74, 6) is -0.952. The molecule has 1 atom stereocenters. The third-order valence-corrected chi connectivity index (χ3v) is 8.08. The van der Waals surface area contributed by atoms with Gasteiger partial charge in [0.2, 0.25) is 0 Å². The maximum absolute atomic E-state index is 13.0. The Kier molecular flexibility index (Phi) is 8.95. The van der Waals surface area contributed by atoms with Crippen molar-refractivity contribution < 1.29 is 19.4 Å². The first kappa shape index (κ1) is 26.5. The van der Waals surface area contributed by atoms with Crippen molar-refractivity contribution in [3.63, 3.8) is 0 Å². The van der Waals surface area contributed by atoms with E-state index in [0.717, 1.165) is 37.7 Å². The average Bonchev–Trinajstić information content (AvgIpc) is 2.84. The fourth-order valence-corrected chi connectivity index (χ4v) is 5.56. The number of carboxylic acids is 1. The Balaban J connectivity index is 1.15. The molecule has 2 aliphatic rings. The van der Waals surface area contributed by atoms with Crippen LogP contribution in [0.1, 0.15) is 81.3 Å². The molecular formula is C31H41NO4. The Labute approximate surface area is 215 Å². The number of carboxylic acid groups (broad SMARTS) is 1. The van der Waals surface area contributed by atoms with Gasteiger partial charge in [0.05, 0.1) is 12.0 Å². The molecule has 36 heavy (non-hydrogen) atoms. The minimum absolute atomic E-state index is 0.00162. The number of fused-ring (bicyclic) bond motifs is 1. The number of benzene rings is 1. The summed E-state index contributed by atoms with van der Waals surface area (Å²) in [6.45, 7) is 4.21. The summed E-state index contributed by atoms with van der Waals surface area (Å²) in [7, 11) is 0. The monoisotopic (exact) mass is 491 g/mol. The molecule has 0 bridgehead atoms. The van der Waals surface area contributed by atoms with Gasteiger partial charge in [-0.15, -0.1) is 0 Å². The first-order chi connectivity index (χ1) is 17.3. The van der Waals surface area contributed by atoms with Crippen molar-refractivity contribution in [1.29, 1.82) is 0 Å². The van der Waals surface area contributed by atoms with Crippen molar-refractivity contribution >= 4 is 11.8 Å². The largest absolute Gasteiger partial charge is 0.481 e. The molecule has 0 spiro atoms. The summed E-state index contributed by atoms with van der Waals surface area (Å²) in [6, 6.07) is 14.4. The van der Waals surface area contributed by atoms with Gasteiger partial charge in [0, 0.05) is 29.8 Å². The van der Waals surface area contributed by atoms with E-state index in [-0.39, 0.29) is 18.3 Å². The van der Waals surface area contributed by atoms with E-state index >= 15 is 0 Å². The zero-order valence-electron chi connectivity index (χ0n) is 21.9. The Morgan fingerprint density at radius 1 is 1.08 bits per heavy atom. The Morgan fingerprint density at radius 2 is 1.83 bits per heavy atom. The lowest BCUT2D eigenvalue weighted by molar-refractivity contribution is -0.146. The standard InChI is InChI=1S/C31H41NO4/c1-31(2,21-22-8-4-3-5-9-22)29(33)20-25(30(34)35)16-17-36-27-18-23(19-27)12-14-26-15-13-24-10-6-7-11-28(24)32-26/h3-5,8-9,13,15,23,25,27H,6-7,10-12,14,16-21H2,1-2H3,(H,34,35). The zero-order chi connectivity index (χ0) is 25.5. The highest BCUT2D eigenvalue weighted by Crippen LogP contribution is 2.34. The van der Waals surface area contributed by atoms with Gasteiger partial charge < -0.3 is 9.84 Å². The molecule has 1 fully saturated rings. The molecule has 0 aliphatic heterocycles. The number of ether oxygens (including phenoxy) is 1. The Bertz CT molecular complexity index is 1030. The van der Waals surface area contributed by atoms with Crippen molar-refractivity contribution in [3.05, 3.63) is 65.0 Å². The van der Waals surface area contributed by atoms with Gasteiger partial charge in [-0.3, -0.25) is 14.6 Å². The first-order valence-electron chi connectivity index (χ1n) is 13.7. The van der Waals surface area contributed by atoms with E-state index in [9.17, 15) is 14.7 Å². The van der Waals surface area contributed by atoms with Crippen LogP contribution in [0.4, 0.5) is 0 Å². The SMILES string of the molecule is CC(C)(Cc1ccccc1)C(=O)CC(CCOC1CC(CCc2ccc3c(n2)CCCC3)C1)C(=O)O. The highest BCUT2D eigenvalue weighted by atomic mass is 16.5. The molecule has 1 aromatic carbocycles. The van der Waals surface area contributed by atoms with E-state index in [1.807, 2.05) is 44.2 Å². The molecule has 2 aromatic rings. The van der Waals surface area contributed by atoms with Crippen LogP contribution in [0.2, 0.25) is 0 Å². The number of pyridine rings is 1. The lowest BCUT2D eigenvalue weighted by Crippen LogP contribution is -2.33. The van der Waals surface area contributed by atoms with Crippen molar-refractivity contribution in [2.24, 2.45) is 17.3 Å². The average molecular weight is 492 g/mol. The van der Waals surface area contributed by atoms with Gasteiger partial charge in [-0.1, -0.05) is 50.2 Å². The van der Waals surface area contributed by atoms with Gasteiger partial charge in [0.15, 0.2) is 0 Å². The molecule has 1 unspecified atom stereocenters. The number of carbonyl (C=O) groups excluding carboxylic acids is 1. The second-order valence-electron chi connectivity index (χ2n) is 11.5. The summed E-state index contributed by atoms with van der Waals surface area (Å²) >= 11 is 0. The van der Waals surface area contributed by atoms with Gasteiger partial charge in [0.25, 0.3) is 0 Å². The number of rotatable bonds is 13. The lowest BCUT2D eigenvalue weighted by Gasteiger charge is -2.35. The molecule has 1 aromatic heterocycles. The van der Waals surface area contributed by atoms with Gasteiger partial charge in [0.1, 0.15) is 5.78 Å². The van der Waals surface area contributed by atoms with Gasteiger partial charge in [-0.25, -0.2) is 0 Å². The number of aryl methyl sites for hydroxylation is 3. The maximum atomic E-state index is 13.0. The highest BCUT2D eigenvalue weighted by Gasteiger charge is 2.33. The van der Waals surface area contributed by atoms with Crippen molar-refractivity contribution in [2.45, 2.75) is 90.6 Å². The maximum Gasteiger partial charge on any atom is 0.307 e. The molecule has 2 aliphatic carbocycles. The minimum atomic E-state index is -0.911. The molecular weight excluding hydrogens is 450 g/mol. The smallest absolute Gasteiger partial charge is 0.307 e. The third-order valence-electron chi connectivity index (χ3n) is 8.08. The molecule has 0 radical (unpaired) electrons. The Hall–Kier alpha value is -2.53. The third kappa shape index (κ3) is 7.25. The van der Waals surface area contributed by atoms with Crippen LogP contribution in [-0.2, 0) is 40.0 Å². The molecule has 194 valence electrons. The predicted octanol–water partition coefficient (Wildman–Crippen LogP) is 6.01. The van der Waals surface area contributed by atoms with Crippen LogP contribution in [0.15, 0.2) is 42.5 Å². The molecule has 5 heteroatoms. The van der Waals surface area contributed by atoms with Crippen LogP contribution in [0.25, 0.3) is 0 Å². The number of Topliss-reactive ketones (excluding diaryl/α,β-unsaturated/α-hetero) is 1. The summed E-state index contributed by atoms with van der Waals surface area (Å²) in [6.07, 6.45) is 10.3. The molecule has 4 rings (SSSR count). The van der Waals surface area contributed by atoms with Gasteiger partial charge in [-0.2, -0.15) is 0 Å². The number of aromatic nitrogens is 1. The number of carbonyl (C=O) groups is 2. The second kappa shape index (κ2) is 12.1. The van der Waals surface area contributed by atoms with E-state index in [0.29, 0.717) is 25.4 Å². The molecule has 0 saturated heterocycles. The first-order valence-corrected chi connectivity index (χ1v) is 13.7. The van der Waals surface area contributed by atoms with Crippen molar-refractivity contribution in [2.75, 3.05) is 6.61 Å². The number of hydrogen-bond acceptors (Lipinski definition) is 4. The number of nitrogens with zero attached hydrogens (tertiary/aromatic N) is 1. The highest BCUT2D eigenvalue weighted by molar-refractivity contribution is 5.88. The van der Waals surface area contributed by atoms with Crippen molar-refractivity contribution in [1.82, 2.24) is 4.98 Å². The van der Waals surface area contributed by atoms with E-state index < -0.39 is 17.3 Å². The van der Waals surface area contributed by atoms with Crippen LogP contribution in [0.3, 0.4) is 0 Å². The summed E-state index contributed by atoms with van der Waals surface area (Å²) < 4.78 is 5.99. The normalized spacial score (nSPS) is 20.3. The van der Waals surface area contributed by atoms with Crippen LogP contribution in [0.5, 0.6) is 0 Å². The fourth-order valence-electron chi connectivity index (χ4n) is 5.56. The summed E-state index contributed by atoms with van der Waals surface area (Å²) in [5.41, 5.74) is 4.45. The number of hydrogen-bond donors (Lipinski definition) is 1. The number of aliphatic carboxylic acids is 1. The van der Waals surface area contributed by atoms with Crippen molar-refractivity contribution in [3.8, 4) is 0 Å². The predicted molar refractivity (Wildman–Crippen MR) is 141 cm³/mol. The van der Waals surface area contributed by atoms with E-state index in [2.05, 4.69) is 12.1 Å². The van der Waals surface area contributed by atoms with E-state index in [1.54, 1.807) is 0 Å². The molecule has 1 N–H and O–H groups in total. The van der Waals surface area contributed by atoms with Gasteiger partial charge in [-0.05, 0) is 87.3 Å². The Morgan fingerprint density at radius 3 is 2.58 bits per heavy atom. The topological polar surface area (TPSA) is 76.5 Å². The molecule has 1 heterocycles. The number of ketones is 1. The van der Waals surface area contributed by atoms with Crippen LogP contribution in [-0.4, -0.2) is 34.6 Å². The van der Waals surface area contributed by atoms with Crippen LogP contribution >= 0.6 is 0 Å². The molecule has 0 amide bonds. The second-order valence-corrected chi connectivity index (χ2v) is 11.5. The lowest BCUT2D eigenvalue weighted by atomic mass is 9.78. The zero-order valence-corrected chi connectivity index (χ0v) is 21.9. The van der Waals surface area contributed by atoms with E-state index in [4.69, 9.17) is 9.72 Å². The summed E-state index contributed by atoms with van der Waals surface area (Å²) in [4.78, 5) is 29.7. The minimum Gasteiger partial charge on any atom is -0.481 e. The van der Waals surface area contributed by atoms with Crippen LogP contribution < -0.4 is 0 Å². The molecule has 5 nitrogen and oxygen atoms in total. The summed E-state index contributed by atoms with van der Waals surface area (Å²) in [5, 5.41) is 9.69. The van der Waals surface area contributed by atoms with E-state index in [1.165, 1.54) is 36.2 Å². The fraction of sp³-hybridized carbons (Fsp3) is 0.581. The van der Waals surface area contributed by atoms with Gasteiger partial charge >= 0.3 is 5.97 Å². The van der Waals surface area contributed by atoms with Crippen LogP contribution in [0, 0.1) is 17.3 Å².